The normalized spacial score (nSPS) is 42.1. The van der Waals surface area contributed by atoms with Crippen LogP contribution in [-0.2, 0) is 28.2 Å². The predicted molar refractivity (Wildman–Crippen MR) is 119 cm³/mol. The summed E-state index contributed by atoms with van der Waals surface area (Å²) >= 11 is 0. The van der Waals surface area contributed by atoms with Crippen molar-refractivity contribution in [3.8, 4) is 0 Å². The van der Waals surface area contributed by atoms with Crippen molar-refractivity contribution in [1.29, 1.82) is 0 Å². The lowest BCUT2D eigenvalue weighted by Crippen LogP contribution is -2.57. The summed E-state index contributed by atoms with van der Waals surface area (Å²) in [6.45, 7) is 13.4. The molecule has 2 saturated heterocycles. The van der Waals surface area contributed by atoms with Crippen molar-refractivity contribution < 1.29 is 28.2 Å². The van der Waals surface area contributed by atoms with Crippen LogP contribution >= 0.6 is 0 Å². The minimum atomic E-state index is -1.86. The van der Waals surface area contributed by atoms with Gasteiger partial charge in [-0.15, -0.1) is 0 Å². The van der Waals surface area contributed by atoms with Crippen LogP contribution in [0.15, 0.2) is 11.6 Å². The van der Waals surface area contributed by atoms with Gasteiger partial charge in [-0.05, 0) is 55.8 Å². The van der Waals surface area contributed by atoms with Crippen molar-refractivity contribution in [3.63, 3.8) is 0 Å². The fraction of sp³-hybridized carbons (Fsp3) is 0.833. The van der Waals surface area contributed by atoms with E-state index in [2.05, 4.69) is 27.7 Å². The van der Waals surface area contributed by atoms with Crippen molar-refractivity contribution in [3.05, 3.63) is 11.6 Å². The molecule has 0 spiro atoms. The van der Waals surface area contributed by atoms with Gasteiger partial charge in [0.1, 0.15) is 17.8 Å². The van der Waals surface area contributed by atoms with E-state index in [1.807, 2.05) is 13.8 Å². The largest absolute Gasteiger partial charge is 0.463 e. The Morgan fingerprint density at radius 1 is 1.13 bits per heavy atom. The third-order valence-electron chi connectivity index (χ3n) is 8.99. The zero-order valence-corrected chi connectivity index (χ0v) is 20.9. The molecule has 174 valence electrons. The highest BCUT2D eigenvalue weighted by Crippen LogP contribution is 2.71. The van der Waals surface area contributed by atoms with Crippen molar-refractivity contribution in [2.24, 2.45) is 16.7 Å². The standard InChI is InChI=1S/C24H38O6Si/c1-7-27-17(25)14-16-22(5)12-11-13-23(6)19(22)18(29-21(23)26)20-24(16,30-20)15-28-31(8-2,9-3)10-4/h14,18-20H,7-13,15H2,1-6H3/b16-14-/t18-,19+,20+,22+,23-,24-/m0/s1. The molecule has 2 saturated carbocycles. The Morgan fingerprint density at radius 3 is 2.39 bits per heavy atom. The second-order valence-corrected chi connectivity index (χ2v) is 15.1. The first-order chi connectivity index (χ1) is 14.7. The number of hydrogen-bond donors (Lipinski definition) is 0. The molecule has 0 radical (unpaired) electrons. The molecule has 2 aliphatic carbocycles. The molecule has 2 heterocycles. The van der Waals surface area contributed by atoms with Gasteiger partial charge in [-0.3, -0.25) is 4.79 Å². The van der Waals surface area contributed by atoms with Crippen LogP contribution in [0.25, 0.3) is 0 Å². The topological polar surface area (TPSA) is 74.4 Å². The van der Waals surface area contributed by atoms with Crippen LogP contribution in [0.2, 0.25) is 18.1 Å². The molecule has 6 atom stereocenters. The van der Waals surface area contributed by atoms with E-state index in [1.165, 1.54) is 0 Å². The molecule has 0 unspecified atom stereocenters. The van der Waals surface area contributed by atoms with Crippen molar-refractivity contribution in [1.82, 2.24) is 0 Å². The summed E-state index contributed by atoms with van der Waals surface area (Å²) in [6.07, 6.45) is 3.79. The molecular formula is C24H38O6Si. The summed E-state index contributed by atoms with van der Waals surface area (Å²) in [7, 11) is -1.86. The van der Waals surface area contributed by atoms with E-state index in [4.69, 9.17) is 18.6 Å². The number of rotatable bonds is 8. The Hall–Kier alpha value is -1.18. The first-order valence-corrected chi connectivity index (χ1v) is 14.6. The van der Waals surface area contributed by atoms with E-state index in [1.54, 1.807) is 6.08 Å². The molecule has 2 aliphatic heterocycles. The van der Waals surface area contributed by atoms with Crippen LogP contribution < -0.4 is 0 Å². The number of fused-ring (bicyclic) bond motifs is 2. The molecule has 4 rings (SSSR count). The summed E-state index contributed by atoms with van der Waals surface area (Å²) < 4.78 is 24.4. The SMILES string of the molecule is CCOC(=O)/C=C1\[C@]2(CO[Si](CC)(CC)CC)O[C@@H]2[C@H]2OC(=O)[C@@]3(C)CCC[C@@]1(C)[C@@H]23. The van der Waals surface area contributed by atoms with E-state index >= 15 is 0 Å². The molecule has 0 aromatic heterocycles. The maximum absolute atomic E-state index is 13.0. The highest BCUT2D eigenvalue weighted by Gasteiger charge is 2.79. The minimum absolute atomic E-state index is 0.00748. The van der Waals surface area contributed by atoms with E-state index in [9.17, 15) is 9.59 Å². The van der Waals surface area contributed by atoms with Crippen molar-refractivity contribution >= 4 is 20.3 Å². The number of carbonyl (C=O) groups is 2. The van der Waals surface area contributed by atoms with Gasteiger partial charge in [0.25, 0.3) is 0 Å². The van der Waals surface area contributed by atoms with Gasteiger partial charge in [0.15, 0.2) is 8.32 Å². The molecule has 0 bridgehead atoms. The minimum Gasteiger partial charge on any atom is -0.463 e. The molecule has 0 aromatic rings. The number of esters is 2. The molecule has 4 fully saturated rings. The van der Waals surface area contributed by atoms with Crippen molar-refractivity contribution in [2.45, 2.75) is 96.7 Å². The van der Waals surface area contributed by atoms with Crippen LogP contribution in [0, 0.1) is 16.7 Å². The summed E-state index contributed by atoms with van der Waals surface area (Å²) in [4.78, 5) is 25.6. The Balaban J connectivity index is 1.76. The molecular weight excluding hydrogens is 412 g/mol. The Bertz CT molecular complexity index is 783. The summed E-state index contributed by atoms with van der Waals surface area (Å²) in [5, 5.41) is 0. The second-order valence-electron chi connectivity index (χ2n) is 10.3. The zero-order chi connectivity index (χ0) is 22.7. The smallest absolute Gasteiger partial charge is 0.330 e. The van der Waals surface area contributed by atoms with E-state index in [0.717, 1.165) is 43.0 Å². The van der Waals surface area contributed by atoms with E-state index in [-0.39, 0.29) is 35.5 Å². The monoisotopic (exact) mass is 450 g/mol. The van der Waals surface area contributed by atoms with Gasteiger partial charge in [0.2, 0.25) is 0 Å². The maximum Gasteiger partial charge on any atom is 0.330 e. The summed E-state index contributed by atoms with van der Waals surface area (Å²) in [5.74, 6) is -0.447. The zero-order valence-electron chi connectivity index (χ0n) is 19.9. The van der Waals surface area contributed by atoms with Gasteiger partial charge in [-0.2, -0.15) is 0 Å². The number of carbonyl (C=O) groups excluding carboxylic acids is 2. The molecule has 7 heteroatoms. The summed E-state index contributed by atoms with van der Waals surface area (Å²) in [5.41, 5.74) is -0.621. The van der Waals surface area contributed by atoms with E-state index in [0.29, 0.717) is 13.2 Å². The lowest BCUT2D eigenvalue weighted by Gasteiger charge is -2.52. The molecule has 0 N–H and O–H groups in total. The third-order valence-corrected chi connectivity index (χ3v) is 13.6. The number of ether oxygens (including phenoxy) is 3. The molecule has 0 aromatic carbocycles. The molecule has 31 heavy (non-hydrogen) atoms. The lowest BCUT2D eigenvalue weighted by molar-refractivity contribution is -0.149. The Labute approximate surface area is 187 Å². The Morgan fingerprint density at radius 2 is 1.77 bits per heavy atom. The second kappa shape index (κ2) is 7.70. The van der Waals surface area contributed by atoms with Gasteiger partial charge in [0.05, 0.1) is 18.6 Å². The number of epoxide rings is 1. The van der Waals surface area contributed by atoms with Crippen molar-refractivity contribution in [2.75, 3.05) is 13.2 Å². The van der Waals surface area contributed by atoms with Gasteiger partial charge >= 0.3 is 11.9 Å². The van der Waals surface area contributed by atoms with E-state index < -0.39 is 19.3 Å². The van der Waals surface area contributed by atoms with Crippen LogP contribution in [0.3, 0.4) is 0 Å². The lowest BCUT2D eigenvalue weighted by atomic mass is 9.48. The molecule has 0 amide bonds. The first-order valence-electron chi connectivity index (χ1n) is 12.1. The quantitative estimate of drug-likeness (QED) is 0.236. The number of hydrogen-bond acceptors (Lipinski definition) is 6. The van der Waals surface area contributed by atoms with Gasteiger partial charge in [-0.1, -0.05) is 34.1 Å². The van der Waals surface area contributed by atoms with Crippen LogP contribution in [0.5, 0.6) is 0 Å². The van der Waals surface area contributed by atoms with Crippen LogP contribution in [0.4, 0.5) is 0 Å². The van der Waals surface area contributed by atoms with Crippen LogP contribution in [-0.4, -0.2) is 51.3 Å². The molecule has 4 aliphatic rings. The Kier molecular flexibility index (Phi) is 5.71. The van der Waals surface area contributed by atoms with Gasteiger partial charge in [-0.25, -0.2) is 4.79 Å². The fourth-order valence-corrected chi connectivity index (χ4v) is 9.61. The maximum atomic E-state index is 13.0. The molecule has 6 nitrogen and oxygen atoms in total. The highest BCUT2D eigenvalue weighted by molar-refractivity contribution is 6.73. The fourth-order valence-electron chi connectivity index (χ4n) is 6.98. The average molecular weight is 451 g/mol. The third kappa shape index (κ3) is 3.17. The predicted octanol–water partition coefficient (Wildman–Crippen LogP) is 4.39. The van der Waals surface area contributed by atoms with Gasteiger partial charge in [0, 0.05) is 12.0 Å². The first kappa shape index (κ1) is 23.0. The summed E-state index contributed by atoms with van der Waals surface area (Å²) in [6, 6.07) is 3.15. The van der Waals surface area contributed by atoms with Crippen LogP contribution in [0.1, 0.15) is 60.8 Å². The average Bonchev–Trinajstić information content (AvgIpc) is 3.41. The highest BCUT2D eigenvalue weighted by atomic mass is 28.4. The van der Waals surface area contributed by atoms with Gasteiger partial charge < -0.3 is 18.6 Å².